The van der Waals surface area contributed by atoms with Gasteiger partial charge in [0, 0.05) is 12.1 Å². The van der Waals surface area contributed by atoms with E-state index in [0.29, 0.717) is 5.92 Å². The summed E-state index contributed by atoms with van der Waals surface area (Å²) in [5.41, 5.74) is 2.65. The summed E-state index contributed by atoms with van der Waals surface area (Å²) in [5.74, 6) is 1.56. The molecule has 0 spiro atoms. The molecule has 0 aliphatic carbocycles. The summed E-state index contributed by atoms with van der Waals surface area (Å²) in [7, 11) is 3.86. The van der Waals surface area contributed by atoms with Gasteiger partial charge in [0.25, 0.3) is 0 Å². The van der Waals surface area contributed by atoms with Crippen molar-refractivity contribution < 1.29 is 4.74 Å². The second-order valence-corrected chi connectivity index (χ2v) is 4.56. The molecule has 0 fully saturated rings. The van der Waals surface area contributed by atoms with Crippen molar-refractivity contribution in [3.8, 4) is 5.75 Å². The lowest BCUT2D eigenvalue weighted by Crippen LogP contribution is -2.17. The van der Waals surface area contributed by atoms with Gasteiger partial charge in [0.15, 0.2) is 0 Å². The monoisotopic (exact) mass is 221 g/mol. The molecular formula is C14H23NO. The Bertz CT molecular complexity index is 334. The van der Waals surface area contributed by atoms with Crippen LogP contribution in [0.4, 0.5) is 0 Å². The van der Waals surface area contributed by atoms with Crippen LogP contribution >= 0.6 is 0 Å². The van der Waals surface area contributed by atoms with Gasteiger partial charge in [-0.25, -0.2) is 0 Å². The second-order valence-electron chi connectivity index (χ2n) is 4.56. The van der Waals surface area contributed by atoms with Gasteiger partial charge in [0.05, 0.1) is 7.11 Å². The third-order valence-electron chi connectivity index (χ3n) is 2.95. The van der Waals surface area contributed by atoms with Crippen LogP contribution in [-0.4, -0.2) is 25.6 Å². The second kappa shape index (κ2) is 5.90. The van der Waals surface area contributed by atoms with Crippen LogP contribution in [0.2, 0.25) is 0 Å². The Morgan fingerprint density at radius 3 is 2.50 bits per heavy atom. The molecule has 1 rings (SSSR count). The zero-order valence-corrected chi connectivity index (χ0v) is 11.1. The number of nitrogens with zero attached hydrogens (tertiary/aromatic N) is 1. The largest absolute Gasteiger partial charge is 0.496 e. The van der Waals surface area contributed by atoms with Gasteiger partial charge in [-0.1, -0.05) is 32.9 Å². The zero-order chi connectivity index (χ0) is 12.1. The topological polar surface area (TPSA) is 12.5 Å². The minimum absolute atomic E-state index is 0.566. The molecule has 16 heavy (non-hydrogen) atoms. The Morgan fingerprint density at radius 1 is 1.31 bits per heavy atom. The van der Waals surface area contributed by atoms with Crippen LogP contribution in [0.5, 0.6) is 5.75 Å². The highest BCUT2D eigenvalue weighted by Crippen LogP contribution is 2.25. The molecule has 0 radical (unpaired) electrons. The Hall–Kier alpha value is -1.02. The van der Waals surface area contributed by atoms with Crippen molar-refractivity contribution in [1.82, 2.24) is 4.90 Å². The molecule has 0 aliphatic rings. The maximum Gasteiger partial charge on any atom is 0.123 e. The number of hydrogen-bond acceptors (Lipinski definition) is 2. The average Bonchev–Trinajstić information content (AvgIpc) is 2.28. The quantitative estimate of drug-likeness (QED) is 0.756. The van der Waals surface area contributed by atoms with E-state index in [9.17, 15) is 0 Å². The van der Waals surface area contributed by atoms with E-state index in [4.69, 9.17) is 4.74 Å². The summed E-state index contributed by atoms with van der Waals surface area (Å²) in [6, 6.07) is 6.49. The lowest BCUT2D eigenvalue weighted by molar-refractivity contribution is 0.333. The maximum atomic E-state index is 5.40. The number of methoxy groups -OCH3 is 1. The number of benzene rings is 1. The van der Waals surface area contributed by atoms with Crippen molar-refractivity contribution in [1.29, 1.82) is 0 Å². The van der Waals surface area contributed by atoms with E-state index in [2.05, 4.69) is 50.9 Å². The van der Waals surface area contributed by atoms with Crippen LogP contribution in [0.25, 0.3) is 0 Å². The van der Waals surface area contributed by atoms with Gasteiger partial charge in [0.2, 0.25) is 0 Å². The van der Waals surface area contributed by atoms with Crippen LogP contribution in [0.3, 0.4) is 0 Å². The highest BCUT2D eigenvalue weighted by molar-refractivity contribution is 5.38. The SMILES string of the molecule is CCN(C)Cc1cc(C(C)C)ccc1OC. The van der Waals surface area contributed by atoms with Crippen molar-refractivity contribution in [2.45, 2.75) is 33.2 Å². The molecule has 1 aromatic carbocycles. The maximum absolute atomic E-state index is 5.40. The molecule has 1 aromatic rings. The van der Waals surface area contributed by atoms with Gasteiger partial charge >= 0.3 is 0 Å². The molecule has 0 saturated carbocycles. The van der Waals surface area contributed by atoms with E-state index in [0.717, 1.165) is 18.8 Å². The molecule has 0 bridgehead atoms. The highest BCUT2D eigenvalue weighted by atomic mass is 16.5. The summed E-state index contributed by atoms with van der Waals surface area (Å²) in [5, 5.41) is 0. The van der Waals surface area contributed by atoms with E-state index in [1.807, 2.05) is 0 Å². The van der Waals surface area contributed by atoms with Gasteiger partial charge in [0.1, 0.15) is 5.75 Å². The van der Waals surface area contributed by atoms with Crippen LogP contribution in [0.15, 0.2) is 18.2 Å². The third-order valence-corrected chi connectivity index (χ3v) is 2.95. The zero-order valence-electron chi connectivity index (χ0n) is 11.1. The molecule has 2 heteroatoms. The molecule has 0 atom stereocenters. The van der Waals surface area contributed by atoms with Crippen molar-refractivity contribution >= 4 is 0 Å². The van der Waals surface area contributed by atoms with E-state index in [-0.39, 0.29) is 0 Å². The van der Waals surface area contributed by atoms with Crippen molar-refractivity contribution in [2.24, 2.45) is 0 Å². The fourth-order valence-electron chi connectivity index (χ4n) is 1.68. The summed E-state index contributed by atoms with van der Waals surface area (Å²) < 4.78 is 5.40. The smallest absolute Gasteiger partial charge is 0.123 e. The van der Waals surface area contributed by atoms with Gasteiger partial charge in [-0.3, -0.25) is 0 Å². The van der Waals surface area contributed by atoms with Crippen LogP contribution < -0.4 is 4.74 Å². The lowest BCUT2D eigenvalue weighted by atomic mass is 10.00. The Morgan fingerprint density at radius 2 is 2.00 bits per heavy atom. The van der Waals surface area contributed by atoms with Crippen molar-refractivity contribution in [3.63, 3.8) is 0 Å². The highest BCUT2D eigenvalue weighted by Gasteiger charge is 2.08. The van der Waals surface area contributed by atoms with E-state index < -0.39 is 0 Å². The van der Waals surface area contributed by atoms with E-state index in [1.54, 1.807) is 7.11 Å². The normalized spacial score (nSPS) is 11.2. The Balaban J connectivity index is 2.97. The summed E-state index contributed by atoms with van der Waals surface area (Å²) in [4.78, 5) is 2.28. The van der Waals surface area contributed by atoms with Crippen molar-refractivity contribution in [2.75, 3.05) is 20.7 Å². The first-order valence-electron chi connectivity index (χ1n) is 5.93. The summed E-state index contributed by atoms with van der Waals surface area (Å²) in [6.07, 6.45) is 0. The average molecular weight is 221 g/mol. The predicted octanol–water partition coefficient (Wildman–Crippen LogP) is 3.27. The molecule has 0 saturated heterocycles. The van der Waals surface area contributed by atoms with Gasteiger partial charge in [-0.05, 0) is 31.1 Å². The fourth-order valence-corrected chi connectivity index (χ4v) is 1.68. The van der Waals surface area contributed by atoms with Crippen molar-refractivity contribution in [3.05, 3.63) is 29.3 Å². The summed E-state index contributed by atoms with van der Waals surface area (Å²) >= 11 is 0. The molecule has 0 heterocycles. The first kappa shape index (κ1) is 13.0. The molecule has 0 aliphatic heterocycles. The lowest BCUT2D eigenvalue weighted by Gasteiger charge is -2.18. The molecule has 0 amide bonds. The third kappa shape index (κ3) is 3.24. The predicted molar refractivity (Wildman–Crippen MR) is 69.1 cm³/mol. The molecule has 0 N–H and O–H groups in total. The number of rotatable bonds is 5. The number of ether oxygens (including phenoxy) is 1. The van der Waals surface area contributed by atoms with Gasteiger partial charge in [-0.15, -0.1) is 0 Å². The Kier molecular flexibility index (Phi) is 4.81. The summed E-state index contributed by atoms with van der Waals surface area (Å²) in [6.45, 7) is 8.60. The molecule has 2 nitrogen and oxygen atoms in total. The van der Waals surface area contributed by atoms with E-state index in [1.165, 1.54) is 11.1 Å². The van der Waals surface area contributed by atoms with Crippen LogP contribution in [-0.2, 0) is 6.54 Å². The first-order valence-corrected chi connectivity index (χ1v) is 5.93. The molecule has 0 aromatic heterocycles. The molecule has 0 unspecified atom stereocenters. The minimum Gasteiger partial charge on any atom is -0.496 e. The van der Waals surface area contributed by atoms with E-state index >= 15 is 0 Å². The molecule has 90 valence electrons. The Labute approximate surface area is 99.2 Å². The van der Waals surface area contributed by atoms with Gasteiger partial charge in [-0.2, -0.15) is 0 Å². The first-order chi connectivity index (χ1) is 7.58. The van der Waals surface area contributed by atoms with Crippen LogP contribution in [0.1, 0.15) is 37.8 Å². The van der Waals surface area contributed by atoms with Crippen LogP contribution in [0, 0.1) is 0 Å². The number of hydrogen-bond donors (Lipinski definition) is 0. The fraction of sp³-hybridized carbons (Fsp3) is 0.571. The van der Waals surface area contributed by atoms with Gasteiger partial charge < -0.3 is 9.64 Å². The molecular weight excluding hydrogens is 198 g/mol. The standard InChI is InChI=1S/C14H23NO/c1-6-15(4)10-13-9-12(11(2)3)7-8-14(13)16-5/h7-9,11H,6,10H2,1-5H3. The minimum atomic E-state index is 0.566.